The third-order valence-corrected chi connectivity index (χ3v) is 14.2. The minimum Gasteiger partial charge on any atom is -0.547 e. The summed E-state index contributed by atoms with van der Waals surface area (Å²) < 4.78 is 28.3. The van der Waals surface area contributed by atoms with Crippen LogP contribution in [0.4, 0.5) is 0 Å². The quantitative estimate of drug-likeness (QED) is 0.186. The smallest absolute Gasteiger partial charge is 0.241 e. The summed E-state index contributed by atoms with van der Waals surface area (Å²) in [6.45, 7) is 35.5. The lowest BCUT2D eigenvalue weighted by Gasteiger charge is -2.60. The predicted octanol–water partition coefficient (Wildman–Crippen LogP) is 9.95. The van der Waals surface area contributed by atoms with E-state index in [1.54, 1.807) is 5.57 Å². The molecule has 4 aliphatic carbocycles. The maximum absolute atomic E-state index is 7.44. The Hall–Kier alpha value is 0.0275. The van der Waals surface area contributed by atoms with Crippen LogP contribution in [0.5, 0.6) is 0 Å². The highest BCUT2D eigenvalue weighted by Crippen LogP contribution is 2.68. The largest absolute Gasteiger partial charge is 0.547 e. The molecule has 236 valence electrons. The van der Waals surface area contributed by atoms with Crippen molar-refractivity contribution in [3.8, 4) is 0 Å². The van der Waals surface area contributed by atoms with E-state index in [2.05, 4.69) is 111 Å². The molecule has 0 aliphatic heterocycles. The topological polar surface area (TPSA) is 36.9 Å². The van der Waals surface area contributed by atoms with Crippen LogP contribution in [0.3, 0.4) is 0 Å². The molecule has 0 spiro atoms. The van der Waals surface area contributed by atoms with Gasteiger partial charge in [0.1, 0.15) is 0 Å². The van der Waals surface area contributed by atoms with Crippen molar-refractivity contribution in [2.24, 2.45) is 28.6 Å². The molecule has 0 aromatic rings. The highest BCUT2D eigenvalue weighted by atomic mass is 28.4. The maximum atomic E-state index is 7.44. The van der Waals surface area contributed by atoms with Gasteiger partial charge in [0.2, 0.25) is 8.32 Å². The summed E-state index contributed by atoms with van der Waals surface area (Å²) in [7, 11) is -7.09. The fourth-order valence-corrected chi connectivity index (χ4v) is 14.2. The van der Waals surface area contributed by atoms with Gasteiger partial charge < -0.3 is 17.7 Å². The van der Waals surface area contributed by atoms with Gasteiger partial charge in [-0.05, 0) is 147 Å². The average molecular weight is 637 g/mol. The molecule has 0 amide bonds. The number of hydrogen-bond donors (Lipinski definition) is 0. The molecule has 0 radical (unpaired) electrons. The first kappa shape index (κ1) is 33.9. The van der Waals surface area contributed by atoms with Gasteiger partial charge in [0.15, 0.2) is 25.0 Å². The molecular formula is C33H64O4Si4. The fourth-order valence-electron chi connectivity index (χ4n) is 9.31. The molecule has 0 bridgehead atoms. The normalized spacial score (nSPS) is 38.8. The second-order valence-corrected chi connectivity index (χ2v) is 36.1. The van der Waals surface area contributed by atoms with Crippen molar-refractivity contribution >= 4 is 33.3 Å². The van der Waals surface area contributed by atoms with Crippen LogP contribution >= 0.6 is 0 Å². The summed E-state index contributed by atoms with van der Waals surface area (Å²) in [5.41, 5.74) is 1.33. The Bertz CT molecular complexity index is 1050. The van der Waals surface area contributed by atoms with Gasteiger partial charge in [-0.1, -0.05) is 25.5 Å². The molecule has 4 aliphatic rings. The van der Waals surface area contributed by atoms with Crippen molar-refractivity contribution in [1.82, 2.24) is 0 Å². The molecule has 8 atom stereocenters. The lowest BCUT2D eigenvalue weighted by Crippen LogP contribution is -2.62. The number of rotatable bonds is 9. The predicted molar refractivity (Wildman–Crippen MR) is 184 cm³/mol. The van der Waals surface area contributed by atoms with E-state index in [-0.39, 0.29) is 22.5 Å². The lowest BCUT2D eigenvalue weighted by molar-refractivity contribution is -0.119. The minimum absolute atomic E-state index is 0.0521. The Morgan fingerprint density at radius 1 is 0.805 bits per heavy atom. The van der Waals surface area contributed by atoms with Gasteiger partial charge in [-0.25, -0.2) is 0 Å². The first-order valence-electron chi connectivity index (χ1n) is 16.6. The van der Waals surface area contributed by atoms with Crippen molar-refractivity contribution in [3.05, 3.63) is 23.5 Å². The van der Waals surface area contributed by atoms with E-state index in [0.29, 0.717) is 23.9 Å². The van der Waals surface area contributed by atoms with Crippen LogP contribution in [0.1, 0.15) is 59.3 Å². The van der Waals surface area contributed by atoms with E-state index in [0.717, 1.165) is 25.7 Å². The zero-order chi connectivity index (χ0) is 31.0. The van der Waals surface area contributed by atoms with Crippen LogP contribution < -0.4 is 0 Å². The highest BCUT2D eigenvalue weighted by molar-refractivity contribution is 6.71. The van der Waals surface area contributed by atoms with E-state index in [1.807, 2.05) is 0 Å². The molecule has 4 rings (SSSR count). The third kappa shape index (κ3) is 6.83. The van der Waals surface area contributed by atoms with Crippen LogP contribution in [-0.4, -0.2) is 51.1 Å². The van der Waals surface area contributed by atoms with E-state index < -0.39 is 33.3 Å². The zero-order valence-electron chi connectivity index (χ0n) is 29.4. The molecule has 0 aromatic heterocycles. The summed E-state index contributed by atoms with van der Waals surface area (Å²) >= 11 is 0. The van der Waals surface area contributed by atoms with Gasteiger partial charge in [-0.2, -0.15) is 0 Å². The van der Waals surface area contributed by atoms with Crippen molar-refractivity contribution in [3.63, 3.8) is 0 Å². The first-order valence-corrected chi connectivity index (χ1v) is 30.2. The van der Waals surface area contributed by atoms with E-state index >= 15 is 0 Å². The monoisotopic (exact) mass is 636 g/mol. The molecule has 4 nitrogen and oxygen atoms in total. The first-order chi connectivity index (χ1) is 18.4. The number of hydrogen-bond acceptors (Lipinski definition) is 4. The second-order valence-electron chi connectivity index (χ2n) is 18.3. The molecule has 8 heteroatoms. The Balaban J connectivity index is 1.83. The maximum Gasteiger partial charge on any atom is 0.241 e. The Kier molecular flexibility index (Phi) is 8.96. The van der Waals surface area contributed by atoms with E-state index in [9.17, 15) is 0 Å². The van der Waals surface area contributed by atoms with Crippen molar-refractivity contribution < 1.29 is 17.7 Å². The van der Waals surface area contributed by atoms with Gasteiger partial charge in [-0.15, -0.1) is 0 Å². The van der Waals surface area contributed by atoms with Crippen LogP contribution in [0.2, 0.25) is 78.6 Å². The van der Waals surface area contributed by atoms with Crippen molar-refractivity contribution in [2.45, 2.75) is 156 Å². The minimum atomic E-state index is -1.89. The second kappa shape index (κ2) is 10.8. The molecule has 2 unspecified atom stereocenters. The molecule has 2 fully saturated rings. The van der Waals surface area contributed by atoms with Crippen LogP contribution in [0.15, 0.2) is 23.5 Å². The highest BCUT2D eigenvalue weighted by Gasteiger charge is 2.67. The lowest BCUT2D eigenvalue weighted by atomic mass is 9.48. The van der Waals surface area contributed by atoms with Crippen molar-refractivity contribution in [2.75, 3.05) is 0 Å². The van der Waals surface area contributed by atoms with E-state index in [1.165, 1.54) is 18.6 Å². The van der Waals surface area contributed by atoms with E-state index in [4.69, 9.17) is 17.7 Å². The number of fused-ring (bicyclic) bond motifs is 5. The van der Waals surface area contributed by atoms with Crippen LogP contribution in [0, 0.1) is 28.6 Å². The van der Waals surface area contributed by atoms with Gasteiger partial charge in [-0.3, -0.25) is 0 Å². The molecule has 41 heavy (non-hydrogen) atoms. The summed E-state index contributed by atoms with van der Waals surface area (Å²) in [5, 5.41) is 0. The van der Waals surface area contributed by atoms with Gasteiger partial charge >= 0.3 is 0 Å². The Labute approximate surface area is 257 Å². The summed E-state index contributed by atoms with van der Waals surface area (Å²) in [6, 6.07) is 0. The molecule has 0 aromatic carbocycles. The Morgan fingerprint density at radius 2 is 1.44 bits per heavy atom. The SMILES string of the molecule is CC(O[Si](C)(C)C)[C@@]1(O[Si](C)(C)C)CC[C@H]2[C@@H]3CC=C4CC(O[Si](C)(C)C)CC[C@]4(C)[C@H]3C(O[Si](C)(C)C)=C[C@@]21C. The van der Waals surface area contributed by atoms with Gasteiger partial charge in [0.05, 0.1) is 17.5 Å². The molecule has 0 heterocycles. The van der Waals surface area contributed by atoms with Gasteiger partial charge in [0.25, 0.3) is 0 Å². The molecule has 0 N–H and O–H groups in total. The average Bonchev–Trinajstić information content (AvgIpc) is 3.02. The summed E-state index contributed by atoms with van der Waals surface area (Å²) in [5.74, 6) is 2.87. The zero-order valence-corrected chi connectivity index (χ0v) is 33.4. The standard InChI is InChI=1S/C33H64O4Si4/c1-24(34-38(4,5)6)33(37-41(13,14)15)21-19-28-27-17-16-25-22-26(35-39(7,8)9)18-20-31(25,2)30(27)29(23-32(28,33)3)36-40(10,11)12/h16,23-24,26-28,30H,17-22H2,1-15H3/t24?,26?,27-,28-,30+,31-,32-,33-/m0/s1. The Morgan fingerprint density at radius 3 is 1.98 bits per heavy atom. The van der Waals surface area contributed by atoms with Crippen LogP contribution in [-0.2, 0) is 17.7 Å². The molecular weight excluding hydrogens is 573 g/mol. The third-order valence-electron chi connectivity index (χ3n) is 10.3. The fraction of sp³-hybridized carbons (Fsp3) is 0.879. The van der Waals surface area contributed by atoms with Gasteiger partial charge in [0, 0.05) is 17.4 Å². The summed E-state index contributed by atoms with van der Waals surface area (Å²) in [4.78, 5) is 0. The molecule has 2 saturated carbocycles. The van der Waals surface area contributed by atoms with Crippen molar-refractivity contribution in [1.29, 1.82) is 0 Å². The molecule has 0 saturated heterocycles. The summed E-state index contributed by atoms with van der Waals surface area (Å²) in [6.07, 6.45) is 12.6. The van der Waals surface area contributed by atoms with Crippen LogP contribution in [0.25, 0.3) is 0 Å². The number of allylic oxidation sites excluding steroid dienone is 2.